The second kappa shape index (κ2) is 8.22. The van der Waals surface area contributed by atoms with Gasteiger partial charge >= 0.3 is 0 Å². The van der Waals surface area contributed by atoms with Gasteiger partial charge in [0, 0.05) is 39.2 Å². The van der Waals surface area contributed by atoms with E-state index in [4.69, 9.17) is 0 Å². The van der Waals surface area contributed by atoms with Gasteiger partial charge in [0.1, 0.15) is 5.54 Å². The Kier molecular flexibility index (Phi) is 5.61. The number of nitrogens with zero attached hydrogens (tertiary/aromatic N) is 6. The molecule has 2 aliphatic rings. The molecule has 11 nitrogen and oxygen atoms in total. The maximum Gasteiger partial charge on any atom is 0.274 e. The Labute approximate surface area is 180 Å². The summed E-state index contributed by atoms with van der Waals surface area (Å²) in [6, 6.07) is 1.79. The summed E-state index contributed by atoms with van der Waals surface area (Å²) in [6.07, 6.45) is 0.972. The van der Waals surface area contributed by atoms with Gasteiger partial charge < -0.3 is 20.4 Å². The molecular formula is C20H28N8O3. The fraction of sp³-hybridized carbons (Fsp3) is 0.600. The molecule has 0 aliphatic carbocycles. The van der Waals surface area contributed by atoms with Crippen LogP contribution in [0.4, 0.5) is 0 Å². The highest BCUT2D eigenvalue weighted by Gasteiger charge is 2.44. The highest BCUT2D eigenvalue weighted by molar-refractivity contribution is 5.99. The van der Waals surface area contributed by atoms with Crippen molar-refractivity contribution in [2.45, 2.75) is 39.2 Å². The van der Waals surface area contributed by atoms with Gasteiger partial charge in [0.25, 0.3) is 5.91 Å². The van der Waals surface area contributed by atoms with Crippen molar-refractivity contribution in [3.63, 3.8) is 0 Å². The number of carbonyl (C=O) groups excluding carboxylic acids is 3. The lowest BCUT2D eigenvalue weighted by atomic mass is 9.86. The molecule has 4 rings (SSSR count). The van der Waals surface area contributed by atoms with Crippen LogP contribution >= 0.6 is 0 Å². The Morgan fingerprint density at radius 1 is 1.03 bits per heavy atom. The van der Waals surface area contributed by atoms with E-state index in [0.29, 0.717) is 63.5 Å². The molecule has 166 valence electrons. The Hall–Kier alpha value is -3.08. The Morgan fingerprint density at radius 2 is 1.68 bits per heavy atom. The Bertz CT molecular complexity index is 1020. The predicted octanol–water partition coefficient (Wildman–Crippen LogP) is -0.716. The van der Waals surface area contributed by atoms with E-state index in [1.165, 1.54) is 6.92 Å². The molecule has 31 heavy (non-hydrogen) atoms. The second-order valence-electron chi connectivity index (χ2n) is 8.27. The SMILES string of the molecule is CC(=O)N1CCN(C(=O)C2(NC(=O)c3nnc4cc(C)nn4c3C)CCNCC2)CC1. The van der Waals surface area contributed by atoms with E-state index in [0.717, 1.165) is 5.69 Å². The summed E-state index contributed by atoms with van der Waals surface area (Å²) in [5, 5.41) is 18.8. The van der Waals surface area contributed by atoms with Crippen LogP contribution in [0.5, 0.6) is 0 Å². The Balaban J connectivity index is 1.57. The van der Waals surface area contributed by atoms with Crippen LogP contribution in [0, 0.1) is 13.8 Å². The third-order valence-electron chi connectivity index (χ3n) is 6.17. The van der Waals surface area contributed by atoms with Gasteiger partial charge in [-0.3, -0.25) is 14.4 Å². The van der Waals surface area contributed by atoms with E-state index in [1.807, 2.05) is 6.92 Å². The summed E-state index contributed by atoms with van der Waals surface area (Å²) < 4.78 is 1.59. The molecule has 2 aliphatic heterocycles. The van der Waals surface area contributed by atoms with Crippen LogP contribution < -0.4 is 10.6 Å². The van der Waals surface area contributed by atoms with Crippen LogP contribution in [0.2, 0.25) is 0 Å². The van der Waals surface area contributed by atoms with E-state index >= 15 is 0 Å². The van der Waals surface area contributed by atoms with E-state index in [2.05, 4.69) is 25.9 Å². The zero-order valence-corrected chi connectivity index (χ0v) is 18.1. The van der Waals surface area contributed by atoms with Crippen molar-refractivity contribution in [2.75, 3.05) is 39.3 Å². The van der Waals surface area contributed by atoms with Crippen molar-refractivity contribution < 1.29 is 14.4 Å². The number of piperidine rings is 1. The molecule has 0 atom stereocenters. The fourth-order valence-corrected chi connectivity index (χ4v) is 4.34. The lowest BCUT2D eigenvalue weighted by Gasteiger charge is -2.43. The quantitative estimate of drug-likeness (QED) is 0.661. The normalized spacial score (nSPS) is 18.8. The van der Waals surface area contributed by atoms with Gasteiger partial charge in [-0.25, -0.2) is 4.52 Å². The lowest BCUT2D eigenvalue weighted by Crippen LogP contribution is -2.65. The largest absolute Gasteiger partial charge is 0.339 e. The monoisotopic (exact) mass is 428 g/mol. The third-order valence-corrected chi connectivity index (χ3v) is 6.17. The minimum Gasteiger partial charge on any atom is -0.339 e. The molecular weight excluding hydrogens is 400 g/mol. The summed E-state index contributed by atoms with van der Waals surface area (Å²) in [7, 11) is 0. The highest BCUT2D eigenvalue weighted by Crippen LogP contribution is 2.23. The molecule has 2 aromatic rings. The van der Waals surface area contributed by atoms with Crippen LogP contribution in [0.3, 0.4) is 0 Å². The van der Waals surface area contributed by atoms with Crippen molar-refractivity contribution in [1.29, 1.82) is 0 Å². The zero-order chi connectivity index (χ0) is 22.2. The molecule has 2 aromatic heterocycles. The highest BCUT2D eigenvalue weighted by atomic mass is 16.2. The van der Waals surface area contributed by atoms with Crippen molar-refractivity contribution in [3.05, 3.63) is 23.1 Å². The number of piperazine rings is 1. The summed E-state index contributed by atoms with van der Waals surface area (Å²) in [4.78, 5) is 41.9. The predicted molar refractivity (Wildman–Crippen MR) is 111 cm³/mol. The molecule has 0 unspecified atom stereocenters. The molecule has 0 radical (unpaired) electrons. The van der Waals surface area contributed by atoms with E-state index in [9.17, 15) is 14.4 Å². The summed E-state index contributed by atoms with van der Waals surface area (Å²) >= 11 is 0. The first kappa shape index (κ1) is 21.2. The summed E-state index contributed by atoms with van der Waals surface area (Å²) in [5.74, 6) is -0.528. The van der Waals surface area contributed by atoms with E-state index in [-0.39, 0.29) is 17.5 Å². The second-order valence-corrected chi connectivity index (χ2v) is 8.27. The molecule has 0 spiro atoms. The summed E-state index contributed by atoms with van der Waals surface area (Å²) in [5.41, 5.74) is 1.07. The molecule has 2 saturated heterocycles. The minimum atomic E-state index is -1.01. The smallest absolute Gasteiger partial charge is 0.274 e. The molecule has 0 aromatic carbocycles. The van der Waals surface area contributed by atoms with E-state index < -0.39 is 11.4 Å². The first-order chi connectivity index (χ1) is 14.8. The molecule has 11 heteroatoms. The number of carbonyl (C=O) groups is 3. The molecule has 0 bridgehead atoms. The fourth-order valence-electron chi connectivity index (χ4n) is 4.34. The van der Waals surface area contributed by atoms with Crippen molar-refractivity contribution in [2.24, 2.45) is 0 Å². The van der Waals surface area contributed by atoms with Gasteiger partial charge in [0.15, 0.2) is 11.3 Å². The van der Waals surface area contributed by atoms with Gasteiger partial charge in [-0.05, 0) is 39.8 Å². The maximum absolute atomic E-state index is 13.5. The van der Waals surface area contributed by atoms with Gasteiger partial charge in [0.2, 0.25) is 11.8 Å². The first-order valence-corrected chi connectivity index (χ1v) is 10.6. The molecule has 3 amide bonds. The minimum absolute atomic E-state index is 0.00952. The number of amides is 3. The average Bonchev–Trinajstić information content (AvgIpc) is 3.15. The number of fused-ring (bicyclic) bond motifs is 1. The average molecular weight is 428 g/mol. The number of hydrogen-bond acceptors (Lipinski definition) is 7. The molecule has 0 saturated carbocycles. The van der Waals surface area contributed by atoms with Crippen LogP contribution in [0.15, 0.2) is 6.07 Å². The standard InChI is InChI=1S/C20H28N8O3/c1-13-12-16-23-24-17(14(2)28(16)25-13)18(30)22-20(4-6-21-7-5-20)19(31)27-10-8-26(9-11-27)15(3)29/h12,21H,4-11H2,1-3H3,(H,22,30). The number of nitrogens with one attached hydrogen (secondary N) is 2. The molecule has 2 N–H and O–H groups in total. The number of aryl methyl sites for hydroxylation is 2. The molecule has 2 fully saturated rings. The topological polar surface area (TPSA) is 125 Å². The molecule has 4 heterocycles. The maximum atomic E-state index is 13.5. The number of hydrogen-bond donors (Lipinski definition) is 2. The van der Waals surface area contributed by atoms with Crippen molar-refractivity contribution in [1.82, 2.24) is 40.2 Å². The van der Waals surface area contributed by atoms with Gasteiger partial charge in [-0.1, -0.05) is 0 Å². The summed E-state index contributed by atoms with van der Waals surface area (Å²) in [6.45, 7) is 8.33. The van der Waals surface area contributed by atoms with Crippen molar-refractivity contribution >= 4 is 23.4 Å². The first-order valence-electron chi connectivity index (χ1n) is 10.6. The van der Waals surface area contributed by atoms with Gasteiger partial charge in [0.05, 0.1) is 11.4 Å². The van der Waals surface area contributed by atoms with Crippen molar-refractivity contribution in [3.8, 4) is 0 Å². The van der Waals surface area contributed by atoms with E-state index in [1.54, 1.807) is 27.3 Å². The Morgan fingerprint density at radius 3 is 2.32 bits per heavy atom. The van der Waals surface area contributed by atoms with Crippen LogP contribution in [0.1, 0.15) is 41.6 Å². The van der Waals surface area contributed by atoms with Gasteiger partial charge in [-0.2, -0.15) is 5.10 Å². The lowest BCUT2D eigenvalue weighted by molar-refractivity contribution is -0.144. The van der Waals surface area contributed by atoms with Crippen LogP contribution in [-0.2, 0) is 9.59 Å². The third kappa shape index (κ3) is 3.97. The van der Waals surface area contributed by atoms with Gasteiger partial charge in [-0.15, -0.1) is 10.2 Å². The number of aromatic nitrogens is 4. The zero-order valence-electron chi connectivity index (χ0n) is 18.1. The van der Waals surface area contributed by atoms with Crippen LogP contribution in [-0.4, -0.2) is 92.1 Å². The van der Waals surface area contributed by atoms with Crippen LogP contribution in [0.25, 0.3) is 5.65 Å². The number of rotatable bonds is 3.